The number of hydrogen-bond acceptors (Lipinski definition) is 0. The van der Waals surface area contributed by atoms with Gasteiger partial charge in [-0.3, -0.25) is 0 Å². The molecule has 346 valence electrons. The molecule has 2 atom stereocenters. The van der Waals surface area contributed by atoms with E-state index in [1.807, 2.05) is 69.2 Å². The number of hydrogen-bond donors (Lipinski definition) is 0. The lowest BCUT2D eigenvalue weighted by atomic mass is 9.91. The molecule has 2 saturated carbocycles. The molecule has 0 saturated heterocycles. The Labute approximate surface area is 358 Å². The lowest BCUT2D eigenvalue weighted by Gasteiger charge is -2.15. The Morgan fingerprint density at radius 1 is 0.545 bits per heavy atom. The molecule has 2 aliphatic carbocycles. The van der Waals surface area contributed by atoms with Crippen LogP contribution in [0.3, 0.4) is 0 Å². The zero-order valence-electron chi connectivity index (χ0n) is 49.0. The third-order valence-electron chi connectivity index (χ3n) is 7.90. The van der Waals surface area contributed by atoms with Crippen LogP contribution in [0.25, 0.3) is 0 Å². The van der Waals surface area contributed by atoms with Crippen LogP contribution in [0.15, 0.2) is 0 Å². The maximum absolute atomic E-state index is 11.5. The molecule has 0 radical (unpaired) electrons. The first-order valence-corrected chi connectivity index (χ1v) is 22.0. The average molecular weight is 819 g/mol. The van der Waals surface area contributed by atoms with Crippen LogP contribution in [-0.2, 0) is 0 Å². The Kier molecular flexibility index (Phi) is 51.2. The van der Waals surface area contributed by atoms with Gasteiger partial charge in [0, 0.05) is 23.8 Å². The highest BCUT2D eigenvalue weighted by atomic mass is 19.4. The molecule has 0 heterocycles. The molecule has 2 aliphatic rings. The Balaban J connectivity index is -0.0000000907. The third-order valence-corrected chi connectivity index (χ3v) is 7.90. The fourth-order valence-electron chi connectivity index (χ4n) is 3.21. The predicted octanol–water partition coefficient (Wildman–Crippen LogP) is 21.3. The van der Waals surface area contributed by atoms with Crippen LogP contribution in [0.2, 0.25) is 0 Å². The second-order valence-corrected chi connectivity index (χ2v) is 15.7. The summed E-state index contributed by atoms with van der Waals surface area (Å²) < 4.78 is 126. The lowest BCUT2D eigenvalue weighted by molar-refractivity contribution is -0.144. The topological polar surface area (TPSA) is 0 Å². The minimum Gasteiger partial charge on any atom is -0.171 e. The Bertz CT molecular complexity index is 859. The van der Waals surface area contributed by atoms with Crippen molar-refractivity contribution in [3.63, 3.8) is 0 Å². The van der Waals surface area contributed by atoms with Crippen LogP contribution in [-0.4, -0.2) is 12.4 Å². The summed E-state index contributed by atoms with van der Waals surface area (Å²) in [7, 11) is 0. The number of unbranched alkanes of at least 4 members (excludes halogenated alkanes) is 1. The van der Waals surface area contributed by atoms with Gasteiger partial charge in [0.05, 0.1) is 0 Å². The van der Waals surface area contributed by atoms with Crippen LogP contribution < -0.4 is 0 Å². The average Bonchev–Trinajstić information content (AvgIpc) is 3.51. The minimum absolute atomic E-state index is 0.0556. The smallest absolute Gasteiger partial charge is 0.171 e. The molecule has 0 aromatic carbocycles. The van der Waals surface area contributed by atoms with Crippen molar-refractivity contribution >= 4 is 0 Å². The predicted molar refractivity (Wildman–Crippen MR) is 243 cm³/mol. The van der Waals surface area contributed by atoms with Crippen molar-refractivity contribution < 1.29 is 37.3 Å². The van der Waals surface area contributed by atoms with Gasteiger partial charge in [0.15, 0.2) is 0 Å². The molecule has 2 unspecified atom stereocenters. The van der Waals surface area contributed by atoms with E-state index in [1.54, 1.807) is 48.5 Å². The molecule has 2 fully saturated rings. The quantitative estimate of drug-likeness (QED) is 0.225. The zero-order valence-corrected chi connectivity index (χ0v) is 41.0. The van der Waals surface area contributed by atoms with Crippen molar-refractivity contribution in [1.29, 1.82) is 0 Å². The maximum Gasteiger partial charge on any atom is 0.389 e. The van der Waals surface area contributed by atoms with Crippen LogP contribution in [0.4, 0.5) is 26.3 Å². The third kappa shape index (κ3) is 113. The van der Waals surface area contributed by atoms with Gasteiger partial charge in [0.25, 0.3) is 0 Å². The van der Waals surface area contributed by atoms with Gasteiger partial charge in [0.2, 0.25) is 0 Å². The molecule has 0 amide bonds. The molecule has 0 aromatic heterocycles. The summed E-state index contributed by atoms with van der Waals surface area (Å²) in [4.78, 5) is 0. The van der Waals surface area contributed by atoms with Crippen LogP contribution in [0.5, 0.6) is 0 Å². The summed E-state index contributed by atoms with van der Waals surface area (Å²) in [6.45, 7) is 39.5. The van der Waals surface area contributed by atoms with Crippen molar-refractivity contribution in [2.75, 3.05) is 0 Å². The van der Waals surface area contributed by atoms with Gasteiger partial charge >= 0.3 is 12.4 Å². The molecule has 55 heavy (non-hydrogen) atoms. The van der Waals surface area contributed by atoms with Crippen molar-refractivity contribution in [1.82, 2.24) is 0 Å². The Hall–Kier alpha value is -0.420. The van der Waals surface area contributed by atoms with Crippen LogP contribution in [0, 0.1) is 35.0 Å². The summed E-state index contributed by atoms with van der Waals surface area (Å²) in [6.07, 6.45) is 4.35. The zero-order chi connectivity index (χ0) is 52.8. The Morgan fingerprint density at radius 2 is 0.764 bits per heavy atom. The summed E-state index contributed by atoms with van der Waals surface area (Å²) >= 11 is 0. The molecule has 0 bridgehead atoms. The molecular weight excluding hydrogens is 703 g/mol. The van der Waals surface area contributed by atoms with Gasteiger partial charge in [-0.2, -0.15) is 26.3 Å². The second-order valence-electron chi connectivity index (χ2n) is 15.7. The van der Waals surface area contributed by atoms with Crippen molar-refractivity contribution in [3.05, 3.63) is 0 Å². The molecule has 0 aromatic rings. The maximum atomic E-state index is 11.5. The summed E-state index contributed by atoms with van der Waals surface area (Å²) in [5.41, 5.74) is -0.229. The highest BCUT2D eigenvalue weighted by Crippen LogP contribution is 2.27. The molecular formula is C49H108F6. The monoisotopic (exact) mass is 819 g/mol. The first kappa shape index (κ1) is 52.6. The standard InChI is InChI=1S/C7H14.2C6H11F3.C6H12.C6H14.C5H12.2C4H10.C3H8.C2H6/c1-7-5-3-2-4-6-7;2*1-3-5(2)4-6(7,8)9;1-6-4-2-3-5-6;1-5-6(2,3)4;1-4-5(2)3;2*1-3-4-2;1-3-2;1-2/h7H,2-6H2,1H3;2*5H,3-4H2,1-2H3;6H,2-5H2,1H3;5H2,1-4H3;5H,4H2,1-3H3;2*3-4H2,1-2H3;3H2,1-2H3;1-2H3/i7D;;;6D;5D2;4D2;3D2;;;. The highest BCUT2D eigenvalue weighted by Gasteiger charge is 2.29. The normalized spacial score (nSPS) is 18.9. The van der Waals surface area contributed by atoms with E-state index in [-0.39, 0.29) is 35.0 Å². The van der Waals surface area contributed by atoms with Gasteiger partial charge in [-0.05, 0) is 35.0 Å². The second kappa shape index (κ2) is 53.6. The molecule has 0 N–H and O–H groups in total. The van der Waals surface area contributed by atoms with Gasteiger partial charge in [-0.1, -0.05) is 261 Å². The van der Waals surface area contributed by atoms with E-state index >= 15 is 0 Å². The van der Waals surface area contributed by atoms with E-state index in [0.717, 1.165) is 25.7 Å². The molecule has 0 spiro atoms. The van der Waals surface area contributed by atoms with E-state index in [4.69, 9.17) is 11.0 Å². The number of alkyl halides is 6. The number of halogens is 6. The molecule has 0 aliphatic heterocycles. The number of rotatable bonds is 7. The Morgan fingerprint density at radius 3 is 0.836 bits per heavy atom. The lowest BCUT2D eigenvalue weighted by Crippen LogP contribution is -2.12. The SMILES string of the molecule is CC.CCC.CCC(C)CC(F)(F)F.CCC(C)CC(F)(F)F.CCCC.[2H]C([2H])(C)C(C)(C)C.[2H]C([2H])(C)C(C)C.[2H]C([2H])(C)CC.[2H]C1(C)CCCC1.[2H]C1(C)CCCCC1. The van der Waals surface area contributed by atoms with Gasteiger partial charge in [0.1, 0.15) is 0 Å². The first-order valence-electron chi connectivity index (χ1n) is 26.0. The molecule has 6 heteroatoms. The van der Waals surface area contributed by atoms with Crippen molar-refractivity contribution in [3.8, 4) is 0 Å². The minimum atomic E-state index is -3.98. The fraction of sp³-hybridized carbons (Fsp3) is 1.00. The van der Waals surface area contributed by atoms with Crippen LogP contribution in [0.1, 0.15) is 285 Å². The first-order chi connectivity index (χ1) is 27.9. The van der Waals surface area contributed by atoms with Crippen molar-refractivity contribution in [2.24, 2.45) is 35.0 Å². The largest absolute Gasteiger partial charge is 0.389 e. The summed E-state index contributed by atoms with van der Waals surface area (Å²) in [6, 6.07) is 0. The summed E-state index contributed by atoms with van der Waals surface area (Å²) in [5.74, 6) is -0.458. The highest BCUT2D eigenvalue weighted by molar-refractivity contribution is 4.61. The van der Waals surface area contributed by atoms with Crippen molar-refractivity contribution in [2.45, 2.75) is 286 Å². The molecule has 2 rings (SSSR count). The molecule has 0 nitrogen and oxygen atoms in total. The van der Waals surface area contributed by atoms with E-state index in [1.165, 1.54) is 51.4 Å². The van der Waals surface area contributed by atoms with E-state index < -0.39 is 44.3 Å². The van der Waals surface area contributed by atoms with Crippen LogP contribution >= 0.6 is 0 Å². The van der Waals surface area contributed by atoms with Gasteiger partial charge in [-0.25, -0.2) is 0 Å². The van der Waals surface area contributed by atoms with Gasteiger partial charge in [-0.15, -0.1) is 0 Å². The van der Waals surface area contributed by atoms with Gasteiger partial charge < -0.3 is 0 Å². The van der Waals surface area contributed by atoms with E-state index in [0.29, 0.717) is 19.3 Å². The van der Waals surface area contributed by atoms with E-state index in [9.17, 15) is 26.3 Å². The summed E-state index contributed by atoms with van der Waals surface area (Å²) in [5, 5.41) is 0. The fourth-order valence-corrected chi connectivity index (χ4v) is 3.21. The van der Waals surface area contributed by atoms with E-state index in [2.05, 4.69) is 27.7 Å².